The zero-order valence-corrected chi connectivity index (χ0v) is 12.8. The van der Waals surface area contributed by atoms with E-state index in [1.54, 1.807) is 36.0 Å². The molecule has 0 heterocycles. The predicted octanol–water partition coefficient (Wildman–Crippen LogP) is 0.960. The van der Waals surface area contributed by atoms with Gasteiger partial charge in [0.1, 0.15) is 5.75 Å². The van der Waals surface area contributed by atoms with Crippen LogP contribution in [0.25, 0.3) is 0 Å². The minimum atomic E-state index is -0.559. The molecule has 6 nitrogen and oxygen atoms in total. The summed E-state index contributed by atoms with van der Waals surface area (Å²) in [6, 6.07) is 6.44. The number of anilines is 1. The number of hydrogen-bond donors (Lipinski definition) is 3. The summed E-state index contributed by atoms with van der Waals surface area (Å²) in [5.41, 5.74) is 11.4. The molecule has 116 valence electrons. The van der Waals surface area contributed by atoms with Crippen molar-refractivity contribution < 1.29 is 14.3 Å². The van der Waals surface area contributed by atoms with Crippen molar-refractivity contribution in [1.82, 2.24) is 0 Å². The Hall–Kier alpha value is -1.73. The van der Waals surface area contributed by atoms with Crippen LogP contribution in [-0.4, -0.2) is 36.5 Å². The highest BCUT2D eigenvalue weighted by Crippen LogP contribution is 2.24. The second-order valence-corrected chi connectivity index (χ2v) is 5.42. The zero-order chi connectivity index (χ0) is 15.7. The molecule has 0 radical (unpaired) electrons. The van der Waals surface area contributed by atoms with Gasteiger partial charge in [0, 0.05) is 0 Å². The Morgan fingerprint density at radius 3 is 2.76 bits per heavy atom. The highest BCUT2D eigenvalue weighted by Gasteiger charge is 2.15. The van der Waals surface area contributed by atoms with Gasteiger partial charge in [-0.2, -0.15) is 11.8 Å². The molecular formula is C14H21N3O3S. The van der Waals surface area contributed by atoms with Crippen LogP contribution in [0.15, 0.2) is 24.3 Å². The van der Waals surface area contributed by atoms with Gasteiger partial charge >= 0.3 is 0 Å². The third-order valence-electron chi connectivity index (χ3n) is 2.72. The van der Waals surface area contributed by atoms with Gasteiger partial charge in [-0.1, -0.05) is 12.1 Å². The number of hydrogen-bond acceptors (Lipinski definition) is 5. The van der Waals surface area contributed by atoms with Crippen LogP contribution in [-0.2, 0) is 9.59 Å². The molecule has 0 aliphatic heterocycles. The van der Waals surface area contributed by atoms with Crippen LogP contribution < -0.4 is 21.5 Å². The van der Waals surface area contributed by atoms with Gasteiger partial charge in [-0.05, 0) is 30.6 Å². The molecule has 0 spiro atoms. The minimum Gasteiger partial charge on any atom is -0.491 e. The monoisotopic (exact) mass is 311 g/mol. The van der Waals surface area contributed by atoms with E-state index < -0.39 is 11.9 Å². The van der Waals surface area contributed by atoms with Crippen LogP contribution in [0.1, 0.15) is 12.8 Å². The Labute approximate surface area is 128 Å². The number of nitrogens with two attached hydrogens (primary N) is 2. The molecule has 21 heavy (non-hydrogen) atoms. The number of primary amides is 1. The molecule has 0 aliphatic rings. The Bertz CT molecular complexity index is 482. The lowest BCUT2D eigenvalue weighted by atomic mass is 10.2. The quantitative estimate of drug-likeness (QED) is 0.629. The summed E-state index contributed by atoms with van der Waals surface area (Å²) in [6.07, 6.45) is 2.69. The summed E-state index contributed by atoms with van der Waals surface area (Å²) < 4.78 is 5.45. The van der Waals surface area contributed by atoms with Crippen LogP contribution in [0, 0.1) is 0 Å². The summed E-state index contributed by atoms with van der Waals surface area (Å²) in [4.78, 5) is 22.7. The summed E-state index contributed by atoms with van der Waals surface area (Å²) >= 11 is 1.64. The van der Waals surface area contributed by atoms with E-state index in [0.717, 1.165) is 5.75 Å². The van der Waals surface area contributed by atoms with Crippen molar-refractivity contribution in [2.45, 2.75) is 18.9 Å². The topological polar surface area (TPSA) is 107 Å². The number of rotatable bonds is 9. The third-order valence-corrected chi connectivity index (χ3v) is 3.36. The van der Waals surface area contributed by atoms with Gasteiger partial charge < -0.3 is 21.5 Å². The maximum Gasteiger partial charge on any atom is 0.241 e. The number of amides is 2. The molecule has 1 aromatic carbocycles. The van der Waals surface area contributed by atoms with E-state index in [4.69, 9.17) is 16.2 Å². The first-order chi connectivity index (χ1) is 10.0. The molecule has 1 rings (SSSR count). The van der Waals surface area contributed by atoms with Crippen molar-refractivity contribution >= 4 is 29.3 Å². The molecule has 0 saturated carbocycles. The first-order valence-electron chi connectivity index (χ1n) is 6.60. The smallest absolute Gasteiger partial charge is 0.241 e. The minimum absolute atomic E-state index is 0.121. The molecule has 0 fully saturated rings. The summed E-state index contributed by atoms with van der Waals surface area (Å²) in [6.45, 7) is 0.167. The van der Waals surface area contributed by atoms with Crippen molar-refractivity contribution in [3.05, 3.63) is 24.3 Å². The van der Waals surface area contributed by atoms with Crippen molar-refractivity contribution in [1.29, 1.82) is 0 Å². The molecule has 2 amide bonds. The Morgan fingerprint density at radius 2 is 2.10 bits per heavy atom. The van der Waals surface area contributed by atoms with Crippen LogP contribution >= 0.6 is 11.8 Å². The number of para-hydroxylation sites is 2. The van der Waals surface area contributed by atoms with Crippen molar-refractivity contribution in [3.63, 3.8) is 0 Å². The summed E-state index contributed by atoms with van der Waals surface area (Å²) in [7, 11) is 0. The maximum absolute atomic E-state index is 12.0. The second kappa shape index (κ2) is 9.25. The first-order valence-corrected chi connectivity index (χ1v) is 7.99. The highest BCUT2D eigenvalue weighted by molar-refractivity contribution is 7.98. The molecule has 0 aliphatic carbocycles. The van der Waals surface area contributed by atoms with Crippen molar-refractivity contribution in [2.24, 2.45) is 11.5 Å². The molecule has 1 atom stereocenters. The van der Waals surface area contributed by atoms with E-state index >= 15 is 0 Å². The van der Waals surface area contributed by atoms with Gasteiger partial charge in [-0.3, -0.25) is 9.59 Å². The van der Waals surface area contributed by atoms with E-state index in [-0.39, 0.29) is 18.9 Å². The standard InChI is InChI=1S/C14H21N3O3S/c1-21-9-7-10(15)14(19)17-11-4-2-3-5-12(11)20-8-6-13(16)18/h2-5,10H,6-9,15H2,1H3,(H2,16,18)(H,17,19)/t10-/m1/s1. The Balaban J connectivity index is 2.61. The SMILES string of the molecule is CSCC[C@@H](N)C(=O)Nc1ccccc1OCCC(N)=O. The van der Waals surface area contributed by atoms with Gasteiger partial charge in [-0.15, -0.1) is 0 Å². The maximum atomic E-state index is 12.0. The van der Waals surface area contributed by atoms with Crippen molar-refractivity contribution in [3.8, 4) is 5.75 Å². The fraction of sp³-hybridized carbons (Fsp3) is 0.429. The second-order valence-electron chi connectivity index (χ2n) is 4.44. The molecule has 0 aromatic heterocycles. The van der Waals surface area contributed by atoms with Gasteiger partial charge in [0.25, 0.3) is 0 Å². The summed E-state index contributed by atoms with van der Waals surface area (Å²) in [5.74, 6) is 0.625. The number of nitrogens with one attached hydrogen (secondary N) is 1. The Kier molecular flexibility index (Phi) is 7.63. The van der Waals surface area contributed by atoms with Gasteiger partial charge in [0.05, 0.1) is 24.8 Å². The number of carbonyl (C=O) groups excluding carboxylic acids is 2. The normalized spacial score (nSPS) is 11.7. The fourth-order valence-electron chi connectivity index (χ4n) is 1.56. The lowest BCUT2D eigenvalue weighted by Gasteiger charge is -2.15. The number of ether oxygens (including phenoxy) is 1. The van der Waals surface area contributed by atoms with E-state index in [9.17, 15) is 9.59 Å². The van der Waals surface area contributed by atoms with E-state index in [1.165, 1.54) is 0 Å². The van der Waals surface area contributed by atoms with Crippen LogP contribution in [0.4, 0.5) is 5.69 Å². The van der Waals surface area contributed by atoms with Crippen LogP contribution in [0.5, 0.6) is 5.75 Å². The predicted molar refractivity (Wildman–Crippen MR) is 85.4 cm³/mol. The number of thioether (sulfide) groups is 1. The lowest BCUT2D eigenvalue weighted by Crippen LogP contribution is -2.36. The average molecular weight is 311 g/mol. The van der Waals surface area contributed by atoms with E-state index in [0.29, 0.717) is 17.9 Å². The molecule has 7 heteroatoms. The molecule has 0 unspecified atom stereocenters. The molecule has 0 bridgehead atoms. The number of benzene rings is 1. The van der Waals surface area contributed by atoms with Gasteiger partial charge in [0.2, 0.25) is 11.8 Å². The largest absolute Gasteiger partial charge is 0.491 e. The van der Waals surface area contributed by atoms with E-state index in [2.05, 4.69) is 5.32 Å². The summed E-state index contributed by atoms with van der Waals surface area (Å²) in [5, 5.41) is 2.74. The Morgan fingerprint density at radius 1 is 1.38 bits per heavy atom. The average Bonchev–Trinajstić information content (AvgIpc) is 2.46. The molecule has 1 aromatic rings. The van der Waals surface area contributed by atoms with Crippen LogP contribution in [0.3, 0.4) is 0 Å². The van der Waals surface area contributed by atoms with Crippen molar-refractivity contribution in [2.75, 3.05) is 23.9 Å². The zero-order valence-electron chi connectivity index (χ0n) is 12.0. The molecular weight excluding hydrogens is 290 g/mol. The third kappa shape index (κ3) is 6.50. The highest BCUT2D eigenvalue weighted by atomic mass is 32.2. The fourth-order valence-corrected chi connectivity index (χ4v) is 2.05. The molecule has 0 saturated heterocycles. The first kappa shape index (κ1) is 17.3. The van der Waals surface area contributed by atoms with E-state index in [1.807, 2.05) is 6.26 Å². The van der Waals surface area contributed by atoms with Gasteiger partial charge in [-0.25, -0.2) is 0 Å². The van der Waals surface area contributed by atoms with Crippen LogP contribution in [0.2, 0.25) is 0 Å². The lowest BCUT2D eigenvalue weighted by molar-refractivity contribution is -0.119. The number of carbonyl (C=O) groups is 2. The van der Waals surface area contributed by atoms with Gasteiger partial charge in [0.15, 0.2) is 0 Å². The molecule has 5 N–H and O–H groups in total.